The van der Waals surface area contributed by atoms with E-state index in [1.165, 1.54) is 0 Å². The van der Waals surface area contributed by atoms with E-state index in [1.54, 1.807) is 6.20 Å². The smallest absolute Gasteiger partial charge is 0.180 e. The van der Waals surface area contributed by atoms with Crippen LogP contribution in [0.15, 0.2) is 73.6 Å². The van der Waals surface area contributed by atoms with E-state index in [0.29, 0.717) is 29.4 Å². The summed E-state index contributed by atoms with van der Waals surface area (Å²) < 4.78 is 1.96. The summed E-state index contributed by atoms with van der Waals surface area (Å²) >= 11 is 0. The number of aromatic nitrogens is 4. The van der Waals surface area contributed by atoms with Gasteiger partial charge in [0.1, 0.15) is 5.69 Å². The largest absolute Gasteiger partial charge is 0.381 e. The summed E-state index contributed by atoms with van der Waals surface area (Å²) in [5.41, 5.74) is 12.1. The number of hydrogen-bond donors (Lipinski definition) is 2. The highest BCUT2D eigenvalue weighted by molar-refractivity contribution is 5.84. The van der Waals surface area contributed by atoms with Crippen LogP contribution in [0, 0.1) is 0 Å². The molecule has 3 N–H and O–H groups in total. The molecule has 0 aliphatic carbocycles. The number of imidazole rings is 1. The van der Waals surface area contributed by atoms with Gasteiger partial charge < -0.3 is 11.1 Å². The zero-order valence-electron chi connectivity index (χ0n) is 15.1. The molecule has 3 heterocycles. The minimum Gasteiger partial charge on any atom is -0.381 e. The fraction of sp³-hybridized carbons (Fsp3) is 0.0455. The van der Waals surface area contributed by atoms with Crippen LogP contribution in [0.1, 0.15) is 11.3 Å². The van der Waals surface area contributed by atoms with Crippen molar-refractivity contribution in [2.45, 2.75) is 6.54 Å². The zero-order valence-corrected chi connectivity index (χ0v) is 15.1. The van der Waals surface area contributed by atoms with Gasteiger partial charge in [0, 0.05) is 24.3 Å². The zero-order chi connectivity index (χ0) is 19.1. The fourth-order valence-electron chi connectivity index (χ4n) is 3.43. The fourth-order valence-corrected chi connectivity index (χ4v) is 3.43. The third-order valence-corrected chi connectivity index (χ3v) is 4.83. The van der Waals surface area contributed by atoms with Gasteiger partial charge in [-0.25, -0.2) is 9.97 Å². The molecule has 0 unspecified atom stereocenters. The van der Waals surface area contributed by atoms with Gasteiger partial charge in [0.05, 0.1) is 22.2 Å². The number of anilines is 1. The first-order valence-electron chi connectivity index (χ1n) is 9.00. The van der Waals surface area contributed by atoms with Crippen molar-refractivity contribution in [3.63, 3.8) is 0 Å². The number of hydrogen-bond acceptors (Lipinski definition) is 5. The molecule has 28 heavy (non-hydrogen) atoms. The van der Waals surface area contributed by atoms with Crippen LogP contribution >= 0.6 is 0 Å². The van der Waals surface area contributed by atoms with E-state index in [2.05, 4.69) is 45.0 Å². The number of fused-ring (bicyclic) bond motifs is 4. The van der Waals surface area contributed by atoms with E-state index in [4.69, 9.17) is 5.73 Å². The van der Waals surface area contributed by atoms with Gasteiger partial charge in [0.25, 0.3) is 0 Å². The third-order valence-electron chi connectivity index (χ3n) is 4.83. The number of nitrogens with one attached hydrogen (secondary N) is 1. The first kappa shape index (κ1) is 16.3. The van der Waals surface area contributed by atoms with Crippen molar-refractivity contribution < 1.29 is 0 Å². The van der Waals surface area contributed by atoms with Gasteiger partial charge in [-0.1, -0.05) is 43.0 Å². The van der Waals surface area contributed by atoms with Gasteiger partial charge in [0.15, 0.2) is 11.5 Å². The summed E-state index contributed by atoms with van der Waals surface area (Å²) in [7, 11) is 0. The topological polar surface area (TPSA) is 81.1 Å². The average molecular weight is 366 g/mol. The molecule has 0 saturated carbocycles. The maximum atomic E-state index is 6.17. The molecule has 6 nitrogen and oxygen atoms in total. The second kappa shape index (κ2) is 6.35. The summed E-state index contributed by atoms with van der Waals surface area (Å²) in [4.78, 5) is 13.5. The monoisotopic (exact) mass is 366 g/mol. The van der Waals surface area contributed by atoms with E-state index < -0.39 is 0 Å². The molecule has 136 valence electrons. The highest BCUT2D eigenvalue weighted by Gasteiger charge is 2.12. The van der Waals surface area contributed by atoms with Crippen molar-refractivity contribution in [2.24, 2.45) is 0 Å². The van der Waals surface area contributed by atoms with Crippen molar-refractivity contribution >= 4 is 39.1 Å². The standard InChI is InChI=1S/C22H18N6/c1-14(25-12-16-7-4-6-15-8-5-11-24-20(15)16)18-13-28-19-10-3-2-9-17(19)27-22(28)21(23)26-18/h2-11,13,25H,1,12H2,(H2,23,26). The lowest BCUT2D eigenvalue weighted by molar-refractivity contribution is 0.887. The van der Waals surface area contributed by atoms with Crippen LogP contribution in [0.25, 0.3) is 33.3 Å². The van der Waals surface area contributed by atoms with Crippen LogP contribution in [0.3, 0.4) is 0 Å². The Labute approximate surface area is 161 Å². The molecule has 6 heteroatoms. The van der Waals surface area contributed by atoms with Crippen LogP contribution in [0.2, 0.25) is 0 Å². The minimum absolute atomic E-state index is 0.378. The quantitative estimate of drug-likeness (QED) is 0.506. The van der Waals surface area contributed by atoms with E-state index in [-0.39, 0.29) is 0 Å². The van der Waals surface area contributed by atoms with Crippen molar-refractivity contribution in [3.8, 4) is 0 Å². The van der Waals surface area contributed by atoms with E-state index >= 15 is 0 Å². The molecule has 0 amide bonds. The van der Waals surface area contributed by atoms with Crippen LogP contribution < -0.4 is 11.1 Å². The van der Waals surface area contributed by atoms with Crippen LogP contribution in [0.5, 0.6) is 0 Å². The Kier molecular flexibility index (Phi) is 3.69. The van der Waals surface area contributed by atoms with Gasteiger partial charge >= 0.3 is 0 Å². The number of para-hydroxylation sites is 3. The number of benzene rings is 2. The Morgan fingerprint density at radius 2 is 1.89 bits per heavy atom. The van der Waals surface area contributed by atoms with Gasteiger partial charge in [-0.15, -0.1) is 0 Å². The van der Waals surface area contributed by atoms with E-state index in [9.17, 15) is 0 Å². The van der Waals surface area contributed by atoms with E-state index in [0.717, 1.165) is 27.5 Å². The molecule has 0 saturated heterocycles. The number of nitrogens with two attached hydrogens (primary N) is 1. The molecule has 2 aromatic carbocycles. The van der Waals surface area contributed by atoms with Crippen LogP contribution in [-0.4, -0.2) is 19.4 Å². The Morgan fingerprint density at radius 1 is 1.04 bits per heavy atom. The predicted molar refractivity (Wildman–Crippen MR) is 113 cm³/mol. The second-order valence-corrected chi connectivity index (χ2v) is 6.63. The summed E-state index contributed by atoms with van der Waals surface area (Å²) in [6, 6.07) is 18.1. The molecule has 0 aliphatic heterocycles. The number of nitrogens with zero attached hydrogens (tertiary/aromatic N) is 4. The lowest BCUT2D eigenvalue weighted by Crippen LogP contribution is -2.14. The summed E-state index contributed by atoms with van der Waals surface area (Å²) in [6.07, 6.45) is 3.72. The van der Waals surface area contributed by atoms with Crippen LogP contribution in [0.4, 0.5) is 5.82 Å². The van der Waals surface area contributed by atoms with E-state index in [1.807, 2.05) is 47.0 Å². The Bertz CT molecular complexity index is 1350. The Morgan fingerprint density at radius 3 is 2.82 bits per heavy atom. The minimum atomic E-state index is 0.378. The molecule has 0 spiro atoms. The maximum absolute atomic E-state index is 6.17. The third kappa shape index (κ3) is 2.63. The van der Waals surface area contributed by atoms with Crippen molar-refractivity contribution in [1.29, 1.82) is 0 Å². The Hall–Kier alpha value is -3.93. The molecule has 0 bridgehead atoms. The first-order valence-corrected chi connectivity index (χ1v) is 9.00. The lowest BCUT2D eigenvalue weighted by atomic mass is 10.1. The highest BCUT2D eigenvalue weighted by atomic mass is 15.1. The molecule has 0 radical (unpaired) electrons. The number of pyridine rings is 1. The Balaban J connectivity index is 1.48. The predicted octanol–water partition coefficient (Wildman–Crippen LogP) is 3.77. The first-order chi connectivity index (χ1) is 13.7. The number of nitrogen functional groups attached to an aromatic ring is 1. The SMILES string of the molecule is C=C(NCc1cccc2cccnc12)c1cn2c(nc3ccccc32)c(N)n1. The normalized spacial score (nSPS) is 11.3. The van der Waals surface area contributed by atoms with Gasteiger partial charge in [-0.2, -0.15) is 0 Å². The second-order valence-electron chi connectivity index (χ2n) is 6.63. The number of rotatable bonds is 4. The van der Waals surface area contributed by atoms with Gasteiger partial charge in [-0.05, 0) is 23.8 Å². The summed E-state index contributed by atoms with van der Waals surface area (Å²) in [6.45, 7) is 4.74. The molecule has 0 atom stereocenters. The van der Waals surface area contributed by atoms with Crippen molar-refractivity contribution in [1.82, 2.24) is 24.7 Å². The summed E-state index contributed by atoms with van der Waals surface area (Å²) in [5, 5.41) is 4.47. The molecule has 5 rings (SSSR count). The van der Waals surface area contributed by atoms with Gasteiger partial charge in [-0.3, -0.25) is 9.38 Å². The molecular weight excluding hydrogens is 348 g/mol. The molecule has 0 fully saturated rings. The average Bonchev–Trinajstić information content (AvgIpc) is 3.11. The highest BCUT2D eigenvalue weighted by Crippen LogP contribution is 2.22. The molecule has 0 aliphatic rings. The molecule has 3 aromatic heterocycles. The van der Waals surface area contributed by atoms with Crippen molar-refractivity contribution in [2.75, 3.05) is 5.73 Å². The molecule has 5 aromatic rings. The maximum Gasteiger partial charge on any atom is 0.180 e. The lowest BCUT2D eigenvalue weighted by Gasteiger charge is -2.12. The molecular formula is C22H18N6. The van der Waals surface area contributed by atoms with Crippen molar-refractivity contribution in [3.05, 3.63) is 84.8 Å². The summed E-state index contributed by atoms with van der Waals surface area (Å²) in [5.74, 6) is 0.378. The van der Waals surface area contributed by atoms with Crippen LogP contribution in [-0.2, 0) is 6.54 Å². The van der Waals surface area contributed by atoms with Gasteiger partial charge in [0.2, 0.25) is 0 Å².